The number of aromatic amines is 1. The van der Waals surface area contributed by atoms with Gasteiger partial charge in [0.25, 0.3) is 10.0 Å². The van der Waals surface area contributed by atoms with Crippen molar-refractivity contribution in [1.29, 1.82) is 0 Å². The van der Waals surface area contributed by atoms with Crippen molar-refractivity contribution >= 4 is 42.5 Å². The van der Waals surface area contributed by atoms with Gasteiger partial charge in [-0.3, -0.25) is 0 Å². The smallest absolute Gasteiger partial charge is 0.299 e. The first kappa shape index (κ1) is 19.6. The van der Waals surface area contributed by atoms with E-state index >= 15 is 0 Å². The zero-order chi connectivity index (χ0) is 20.0. The van der Waals surface area contributed by atoms with Crippen LogP contribution in [-0.2, 0) is 15.4 Å². The van der Waals surface area contributed by atoms with Crippen molar-refractivity contribution < 1.29 is 13.5 Å². The maximum absolute atomic E-state index is 12.5. The lowest BCUT2D eigenvalue weighted by atomic mass is 9.87. The molecule has 0 bridgehead atoms. The van der Waals surface area contributed by atoms with Gasteiger partial charge in [0.15, 0.2) is 5.69 Å². The summed E-state index contributed by atoms with van der Waals surface area (Å²) in [5.74, 6) is -0.238. The van der Waals surface area contributed by atoms with Crippen LogP contribution in [0.15, 0.2) is 55.4 Å². The molecule has 0 unspecified atom stereocenters. The third kappa shape index (κ3) is 3.91. The van der Waals surface area contributed by atoms with E-state index in [1.54, 1.807) is 18.2 Å². The normalized spacial score (nSPS) is 12.9. The number of hydrogen-bond acceptors (Lipinski definition) is 4. The molecule has 0 amide bonds. The van der Waals surface area contributed by atoms with E-state index in [4.69, 9.17) is 0 Å². The fourth-order valence-electron chi connectivity index (χ4n) is 2.73. The van der Waals surface area contributed by atoms with E-state index in [1.807, 2.05) is 13.0 Å². The number of H-pyrrole nitrogens is 1. The lowest BCUT2D eigenvalue weighted by molar-refractivity contribution is 0.459. The van der Waals surface area contributed by atoms with Crippen LogP contribution in [0.3, 0.4) is 0 Å². The Hall–Kier alpha value is -2.19. The highest BCUT2D eigenvalue weighted by Crippen LogP contribution is 2.39. The molecule has 0 atom stereocenters. The van der Waals surface area contributed by atoms with Crippen LogP contribution >= 0.6 is 15.9 Å². The summed E-state index contributed by atoms with van der Waals surface area (Å²) in [5.41, 5.74) is 2.59. The number of nitrogens with one attached hydrogen (secondary N) is 1. The van der Waals surface area contributed by atoms with E-state index in [1.165, 1.54) is 12.1 Å². The Labute approximate surface area is 166 Å². The number of rotatable bonds is 3. The van der Waals surface area contributed by atoms with Gasteiger partial charge in [0.05, 0.1) is 10.4 Å². The third-order valence-corrected chi connectivity index (χ3v) is 6.01. The highest BCUT2D eigenvalue weighted by molar-refractivity contribution is 9.10. The van der Waals surface area contributed by atoms with E-state index in [0.717, 1.165) is 15.6 Å². The van der Waals surface area contributed by atoms with Crippen molar-refractivity contribution in [2.24, 2.45) is 9.63 Å². The maximum atomic E-state index is 12.5. The lowest BCUT2D eigenvalue weighted by Gasteiger charge is -2.18. The average molecular weight is 450 g/mol. The number of aryl methyl sites for hydroxylation is 1. The molecule has 142 valence electrons. The molecular formula is C19H20BrN3O3S. The molecule has 0 radical (unpaired) electrons. The zero-order valence-corrected chi connectivity index (χ0v) is 17.8. The first-order valence-corrected chi connectivity index (χ1v) is 10.5. The third-order valence-electron chi connectivity index (χ3n) is 4.22. The molecule has 27 heavy (non-hydrogen) atoms. The van der Waals surface area contributed by atoms with Crippen molar-refractivity contribution in [3.05, 3.63) is 52.0 Å². The summed E-state index contributed by atoms with van der Waals surface area (Å²) in [6.07, 6.45) is 0. The second-order valence-electron chi connectivity index (χ2n) is 7.42. The molecule has 0 saturated carbocycles. The zero-order valence-electron chi connectivity index (χ0n) is 15.4. The minimum absolute atomic E-state index is 0.0518. The Morgan fingerprint density at radius 1 is 1.11 bits per heavy atom. The molecule has 0 aliphatic carbocycles. The van der Waals surface area contributed by atoms with Crippen LogP contribution in [0.2, 0.25) is 0 Å². The van der Waals surface area contributed by atoms with E-state index < -0.39 is 10.0 Å². The number of hydrogen-bond donors (Lipinski definition) is 2. The van der Waals surface area contributed by atoms with Crippen molar-refractivity contribution in [2.75, 3.05) is 0 Å². The monoisotopic (exact) mass is 449 g/mol. The Kier molecular flexibility index (Phi) is 4.90. The van der Waals surface area contributed by atoms with Gasteiger partial charge in [0, 0.05) is 9.86 Å². The van der Waals surface area contributed by atoms with Gasteiger partial charge in [-0.15, -0.1) is 5.11 Å². The van der Waals surface area contributed by atoms with Gasteiger partial charge in [0.2, 0.25) is 5.88 Å². The SMILES string of the molecule is Cc1cc(Br)c2[nH]c(O)c(N=NS(=O)(=O)c3ccc(C(C)(C)C)cc3)c2c1. The largest absolute Gasteiger partial charge is 0.493 e. The van der Waals surface area contributed by atoms with Crippen LogP contribution in [0, 0.1) is 6.92 Å². The van der Waals surface area contributed by atoms with Crippen molar-refractivity contribution in [1.82, 2.24) is 4.98 Å². The van der Waals surface area contributed by atoms with Crippen molar-refractivity contribution in [2.45, 2.75) is 38.0 Å². The molecule has 0 aliphatic rings. The summed E-state index contributed by atoms with van der Waals surface area (Å²) in [6, 6.07) is 10.3. The van der Waals surface area contributed by atoms with E-state index in [0.29, 0.717) is 10.9 Å². The molecule has 2 N–H and O–H groups in total. The molecule has 3 aromatic rings. The summed E-state index contributed by atoms with van der Waals surface area (Å²) in [7, 11) is -3.98. The Balaban J connectivity index is 2.00. The van der Waals surface area contributed by atoms with Crippen LogP contribution in [0.1, 0.15) is 31.9 Å². The first-order valence-electron chi connectivity index (χ1n) is 8.28. The second kappa shape index (κ2) is 6.76. The Morgan fingerprint density at radius 2 is 1.74 bits per heavy atom. The summed E-state index contributed by atoms with van der Waals surface area (Å²) >= 11 is 3.41. The summed E-state index contributed by atoms with van der Waals surface area (Å²) in [5, 5.41) is 14.5. The van der Waals surface area contributed by atoms with E-state index in [2.05, 4.69) is 51.3 Å². The van der Waals surface area contributed by atoms with Crippen LogP contribution in [0.4, 0.5) is 5.69 Å². The first-order chi connectivity index (χ1) is 12.5. The highest BCUT2D eigenvalue weighted by Gasteiger charge is 2.19. The summed E-state index contributed by atoms with van der Waals surface area (Å²) < 4.78 is 29.3. The van der Waals surface area contributed by atoms with Crippen LogP contribution in [0.25, 0.3) is 10.9 Å². The molecule has 8 heteroatoms. The molecule has 1 heterocycles. The number of halogens is 1. The molecule has 2 aromatic carbocycles. The predicted octanol–water partition coefficient (Wildman–Crippen LogP) is 5.71. The Bertz CT molecular complexity index is 1140. The molecule has 0 fully saturated rings. The second-order valence-corrected chi connectivity index (χ2v) is 9.86. The van der Waals surface area contributed by atoms with Crippen LogP contribution in [0.5, 0.6) is 5.88 Å². The predicted molar refractivity (Wildman–Crippen MR) is 109 cm³/mol. The minimum atomic E-state index is -3.98. The van der Waals surface area contributed by atoms with Gasteiger partial charge < -0.3 is 10.1 Å². The molecular weight excluding hydrogens is 430 g/mol. The van der Waals surface area contributed by atoms with Gasteiger partial charge in [-0.25, -0.2) is 0 Å². The standard InChI is InChI=1S/C19H20BrN3O3S/c1-11-9-14-16(15(20)10-11)21-18(24)17(14)22-23-27(25,26)13-7-5-12(6-8-13)19(2,3)4/h5-10,21,24H,1-4H3. The molecule has 1 aromatic heterocycles. The number of aromatic hydroxyl groups is 1. The molecule has 0 saturated heterocycles. The number of benzene rings is 2. The fourth-order valence-corrected chi connectivity index (χ4v) is 4.17. The average Bonchev–Trinajstić information content (AvgIpc) is 2.88. The van der Waals surface area contributed by atoms with Crippen molar-refractivity contribution in [3.63, 3.8) is 0 Å². The highest BCUT2D eigenvalue weighted by atomic mass is 79.9. The van der Waals surface area contributed by atoms with Crippen LogP contribution < -0.4 is 0 Å². The molecule has 3 rings (SSSR count). The topological polar surface area (TPSA) is 94.9 Å². The van der Waals surface area contributed by atoms with Crippen molar-refractivity contribution in [3.8, 4) is 5.88 Å². The number of aromatic nitrogens is 1. The van der Waals surface area contributed by atoms with Gasteiger partial charge in [-0.2, -0.15) is 8.42 Å². The van der Waals surface area contributed by atoms with Crippen LogP contribution in [-0.4, -0.2) is 18.5 Å². The van der Waals surface area contributed by atoms with Gasteiger partial charge in [-0.1, -0.05) is 37.4 Å². The van der Waals surface area contributed by atoms with E-state index in [9.17, 15) is 13.5 Å². The number of nitrogens with zero attached hydrogens (tertiary/aromatic N) is 2. The summed E-state index contributed by atoms with van der Waals surface area (Å²) in [6.45, 7) is 8.05. The summed E-state index contributed by atoms with van der Waals surface area (Å²) in [4.78, 5) is 2.83. The van der Waals surface area contributed by atoms with Gasteiger partial charge >= 0.3 is 0 Å². The number of sulfonamides is 1. The molecule has 6 nitrogen and oxygen atoms in total. The van der Waals surface area contributed by atoms with Gasteiger partial charge in [0.1, 0.15) is 0 Å². The van der Waals surface area contributed by atoms with Gasteiger partial charge in [-0.05, 0) is 63.7 Å². The lowest BCUT2D eigenvalue weighted by Crippen LogP contribution is -2.11. The number of fused-ring (bicyclic) bond motifs is 1. The maximum Gasteiger partial charge on any atom is 0.299 e. The fraction of sp³-hybridized carbons (Fsp3) is 0.263. The molecule has 0 spiro atoms. The molecule has 0 aliphatic heterocycles. The Morgan fingerprint density at radius 3 is 2.33 bits per heavy atom. The quantitative estimate of drug-likeness (QED) is 0.500. The van der Waals surface area contributed by atoms with E-state index in [-0.39, 0.29) is 21.9 Å². The minimum Gasteiger partial charge on any atom is -0.493 e.